The topological polar surface area (TPSA) is 47.8 Å². The average molecular weight is 276 g/mol. The largest absolute Gasteiger partial charge is 0.304 e. The van der Waals surface area contributed by atoms with Crippen LogP contribution in [-0.2, 0) is 0 Å². The van der Waals surface area contributed by atoms with Gasteiger partial charge in [0.2, 0.25) is 0 Å². The number of carbonyl (C=O) groups excluding carboxylic acids is 1. The van der Waals surface area contributed by atoms with Crippen LogP contribution in [0.2, 0.25) is 0 Å². The van der Waals surface area contributed by atoms with Gasteiger partial charge in [0.1, 0.15) is 0 Å². The fraction of sp³-hybridized carbons (Fsp3) is 0.118. The van der Waals surface area contributed by atoms with Crippen LogP contribution in [0.25, 0.3) is 16.9 Å². The third-order valence-corrected chi connectivity index (χ3v) is 3.29. The summed E-state index contributed by atoms with van der Waals surface area (Å²) < 4.78 is 1.88. The lowest BCUT2D eigenvalue weighted by Gasteiger charge is -2.04. The van der Waals surface area contributed by atoms with Crippen LogP contribution in [0.15, 0.2) is 55.2 Å². The van der Waals surface area contributed by atoms with E-state index in [0.717, 1.165) is 16.9 Å². The van der Waals surface area contributed by atoms with Gasteiger partial charge in [-0.25, -0.2) is 4.98 Å². The maximum absolute atomic E-state index is 12.0. The number of nitrogens with zero attached hydrogens (tertiary/aromatic N) is 3. The zero-order valence-corrected chi connectivity index (χ0v) is 11.7. The Hall–Kier alpha value is -2.75. The monoisotopic (exact) mass is 276 g/mol. The molecule has 3 rings (SSSR count). The Morgan fingerprint density at radius 2 is 2.29 bits per heavy atom. The standard InChI is InChI=1S/C17H14N3O/c1-2-17(21)15-8-4-3-7-14(15)16-11-20(12-19-16)13-6-5-9-18-10-13/h4-12H,2H2,1H3. The van der Waals surface area contributed by atoms with Crippen molar-refractivity contribution in [3.8, 4) is 16.9 Å². The number of imidazole rings is 1. The van der Waals surface area contributed by atoms with Crippen LogP contribution < -0.4 is 0 Å². The van der Waals surface area contributed by atoms with Gasteiger partial charge >= 0.3 is 0 Å². The van der Waals surface area contributed by atoms with Gasteiger partial charge in [-0.05, 0) is 24.3 Å². The molecule has 0 unspecified atom stereocenters. The van der Waals surface area contributed by atoms with E-state index >= 15 is 0 Å². The molecule has 0 bridgehead atoms. The van der Waals surface area contributed by atoms with E-state index in [1.54, 1.807) is 36.9 Å². The Labute approximate surface area is 123 Å². The van der Waals surface area contributed by atoms with Crippen LogP contribution in [0.3, 0.4) is 0 Å². The van der Waals surface area contributed by atoms with Crippen molar-refractivity contribution >= 4 is 5.78 Å². The van der Waals surface area contributed by atoms with Crippen LogP contribution in [0.1, 0.15) is 23.7 Å². The first-order valence-corrected chi connectivity index (χ1v) is 6.77. The summed E-state index contributed by atoms with van der Waals surface area (Å²) in [6.45, 7) is 1.86. The minimum Gasteiger partial charge on any atom is -0.304 e. The number of ketones is 1. The SMILES string of the molecule is CCC(=O)c1cc[c]cc1-c1cn(-c2cccnc2)cn1. The normalized spacial score (nSPS) is 10.5. The summed E-state index contributed by atoms with van der Waals surface area (Å²) in [4.78, 5) is 20.5. The van der Waals surface area contributed by atoms with Crippen molar-refractivity contribution < 1.29 is 4.79 Å². The Morgan fingerprint density at radius 1 is 1.38 bits per heavy atom. The molecule has 0 amide bonds. The molecule has 0 aliphatic carbocycles. The van der Waals surface area contributed by atoms with E-state index in [4.69, 9.17) is 0 Å². The van der Waals surface area contributed by atoms with Gasteiger partial charge in [-0.15, -0.1) is 0 Å². The number of hydrogen-bond donors (Lipinski definition) is 0. The summed E-state index contributed by atoms with van der Waals surface area (Å²) in [7, 11) is 0. The smallest absolute Gasteiger partial charge is 0.163 e. The molecule has 0 atom stereocenters. The van der Waals surface area contributed by atoms with E-state index in [0.29, 0.717) is 12.0 Å². The third kappa shape index (κ3) is 2.60. The van der Waals surface area contributed by atoms with Gasteiger partial charge < -0.3 is 4.57 Å². The molecule has 1 radical (unpaired) electrons. The van der Waals surface area contributed by atoms with Crippen molar-refractivity contribution in [2.24, 2.45) is 0 Å². The van der Waals surface area contributed by atoms with Crippen molar-refractivity contribution in [3.05, 3.63) is 66.9 Å². The van der Waals surface area contributed by atoms with Crippen LogP contribution in [0, 0.1) is 6.07 Å². The fourth-order valence-corrected chi connectivity index (χ4v) is 2.19. The van der Waals surface area contributed by atoms with Gasteiger partial charge in [0.25, 0.3) is 0 Å². The van der Waals surface area contributed by atoms with E-state index in [-0.39, 0.29) is 5.78 Å². The molecule has 3 aromatic rings. The molecule has 2 aromatic heterocycles. The molecule has 0 spiro atoms. The maximum Gasteiger partial charge on any atom is 0.163 e. The fourth-order valence-electron chi connectivity index (χ4n) is 2.19. The molecule has 0 aliphatic rings. The molecule has 0 saturated heterocycles. The second-order valence-electron chi connectivity index (χ2n) is 4.63. The zero-order chi connectivity index (χ0) is 14.7. The molecule has 1 aromatic carbocycles. The first-order chi connectivity index (χ1) is 10.3. The van der Waals surface area contributed by atoms with Gasteiger partial charge in [-0.1, -0.05) is 19.1 Å². The lowest BCUT2D eigenvalue weighted by molar-refractivity contribution is 0.0989. The van der Waals surface area contributed by atoms with Crippen molar-refractivity contribution in [3.63, 3.8) is 0 Å². The molecular formula is C17H14N3O. The summed E-state index contributed by atoms with van der Waals surface area (Å²) in [5.41, 5.74) is 3.19. The summed E-state index contributed by atoms with van der Waals surface area (Å²) in [6, 6.07) is 12.2. The first kappa shape index (κ1) is 13.2. The number of rotatable bonds is 4. The van der Waals surface area contributed by atoms with Gasteiger partial charge in [-0.2, -0.15) is 0 Å². The van der Waals surface area contributed by atoms with Gasteiger partial charge in [0.15, 0.2) is 5.78 Å². The molecule has 0 N–H and O–H groups in total. The highest BCUT2D eigenvalue weighted by atomic mass is 16.1. The van der Waals surface area contributed by atoms with Gasteiger partial charge in [-0.3, -0.25) is 9.78 Å². The molecule has 0 fully saturated rings. The second-order valence-corrected chi connectivity index (χ2v) is 4.63. The number of pyridine rings is 1. The first-order valence-electron chi connectivity index (χ1n) is 6.77. The lowest BCUT2D eigenvalue weighted by Crippen LogP contribution is -1.99. The van der Waals surface area contributed by atoms with Gasteiger partial charge in [0, 0.05) is 29.9 Å². The van der Waals surface area contributed by atoms with Crippen LogP contribution in [0.4, 0.5) is 0 Å². The maximum atomic E-state index is 12.0. The minimum absolute atomic E-state index is 0.106. The average Bonchev–Trinajstić information content (AvgIpc) is 3.05. The molecule has 0 saturated carbocycles. The summed E-state index contributed by atoms with van der Waals surface area (Å²) >= 11 is 0. The van der Waals surface area contributed by atoms with E-state index in [2.05, 4.69) is 16.0 Å². The highest BCUT2D eigenvalue weighted by molar-refractivity contribution is 6.01. The zero-order valence-electron chi connectivity index (χ0n) is 11.7. The highest BCUT2D eigenvalue weighted by Crippen LogP contribution is 2.23. The predicted octanol–water partition coefficient (Wildman–Crippen LogP) is 3.33. The number of benzene rings is 1. The molecular weight excluding hydrogens is 262 g/mol. The third-order valence-electron chi connectivity index (χ3n) is 3.29. The van der Waals surface area contributed by atoms with Crippen LogP contribution in [0.5, 0.6) is 0 Å². The van der Waals surface area contributed by atoms with Crippen molar-refractivity contribution in [1.29, 1.82) is 0 Å². The van der Waals surface area contributed by atoms with E-state index in [1.807, 2.05) is 29.8 Å². The molecule has 4 heteroatoms. The Bertz CT molecular complexity index is 762. The van der Waals surface area contributed by atoms with Crippen molar-refractivity contribution in [2.75, 3.05) is 0 Å². The molecule has 21 heavy (non-hydrogen) atoms. The second kappa shape index (κ2) is 5.71. The highest BCUT2D eigenvalue weighted by Gasteiger charge is 2.13. The Kier molecular flexibility index (Phi) is 3.60. The quantitative estimate of drug-likeness (QED) is 0.687. The Balaban J connectivity index is 2.03. The van der Waals surface area contributed by atoms with Crippen LogP contribution >= 0.6 is 0 Å². The number of hydrogen-bond acceptors (Lipinski definition) is 3. The van der Waals surface area contributed by atoms with Crippen LogP contribution in [-0.4, -0.2) is 20.3 Å². The van der Waals surface area contributed by atoms with E-state index in [1.165, 1.54) is 0 Å². The van der Waals surface area contributed by atoms with Crippen molar-refractivity contribution in [2.45, 2.75) is 13.3 Å². The summed E-state index contributed by atoms with van der Waals surface area (Å²) in [6.07, 6.45) is 7.58. The summed E-state index contributed by atoms with van der Waals surface area (Å²) in [5.74, 6) is 0.106. The minimum atomic E-state index is 0.106. The Morgan fingerprint density at radius 3 is 3.05 bits per heavy atom. The van der Waals surface area contributed by atoms with Gasteiger partial charge in [0.05, 0.1) is 23.9 Å². The number of Topliss-reactive ketones (excluding diaryl/α,β-unsaturated/α-hetero) is 1. The predicted molar refractivity (Wildman–Crippen MR) is 80.3 cm³/mol. The van der Waals surface area contributed by atoms with E-state index in [9.17, 15) is 4.79 Å². The molecule has 0 aliphatic heterocycles. The summed E-state index contributed by atoms with van der Waals surface area (Å²) in [5, 5.41) is 0. The number of carbonyl (C=O) groups is 1. The lowest BCUT2D eigenvalue weighted by atomic mass is 10.0. The molecule has 2 heterocycles. The number of aromatic nitrogens is 3. The van der Waals surface area contributed by atoms with Crippen molar-refractivity contribution in [1.82, 2.24) is 14.5 Å². The molecule has 4 nitrogen and oxygen atoms in total. The van der Waals surface area contributed by atoms with E-state index < -0.39 is 0 Å². The molecule has 103 valence electrons.